The molecule has 6 heteroatoms. The molecule has 144 valence electrons. The van der Waals surface area contributed by atoms with Crippen LogP contribution in [0.2, 0.25) is 0 Å². The van der Waals surface area contributed by atoms with Crippen LogP contribution in [-0.2, 0) is 0 Å². The molecule has 6 nitrogen and oxygen atoms in total. The molecule has 1 saturated carbocycles. The fourth-order valence-corrected chi connectivity index (χ4v) is 4.21. The van der Waals surface area contributed by atoms with Gasteiger partial charge in [-0.05, 0) is 45.1 Å². The van der Waals surface area contributed by atoms with Gasteiger partial charge in [0.15, 0.2) is 0 Å². The highest BCUT2D eigenvalue weighted by Crippen LogP contribution is 2.31. The summed E-state index contributed by atoms with van der Waals surface area (Å²) in [7, 11) is 0. The van der Waals surface area contributed by atoms with E-state index in [0.29, 0.717) is 17.8 Å². The SMILES string of the molecule is Cc1cccc(-c2noc(C3CCCCN3C(=O)NC3CCCCC3)n2)c1. The van der Waals surface area contributed by atoms with E-state index < -0.39 is 0 Å². The number of carbonyl (C=O) groups is 1. The summed E-state index contributed by atoms with van der Waals surface area (Å²) in [5, 5.41) is 7.40. The van der Waals surface area contributed by atoms with Crippen LogP contribution < -0.4 is 5.32 Å². The highest BCUT2D eigenvalue weighted by molar-refractivity contribution is 5.75. The summed E-state index contributed by atoms with van der Waals surface area (Å²) in [4.78, 5) is 19.4. The van der Waals surface area contributed by atoms with Gasteiger partial charge in [-0.25, -0.2) is 4.79 Å². The maximum atomic E-state index is 12.9. The second-order valence-electron chi connectivity index (χ2n) is 7.82. The normalized spacial score (nSPS) is 21.2. The van der Waals surface area contributed by atoms with Crippen molar-refractivity contribution in [3.63, 3.8) is 0 Å². The topological polar surface area (TPSA) is 71.3 Å². The van der Waals surface area contributed by atoms with Crippen LogP contribution in [0.4, 0.5) is 4.79 Å². The molecule has 1 unspecified atom stereocenters. The number of aromatic nitrogens is 2. The number of nitrogens with zero attached hydrogens (tertiary/aromatic N) is 3. The number of hydrogen-bond donors (Lipinski definition) is 1. The Labute approximate surface area is 160 Å². The van der Waals surface area contributed by atoms with E-state index in [1.807, 2.05) is 36.1 Å². The predicted octanol–water partition coefficient (Wildman–Crippen LogP) is 4.61. The van der Waals surface area contributed by atoms with Gasteiger partial charge >= 0.3 is 6.03 Å². The molecule has 1 aromatic carbocycles. The highest BCUT2D eigenvalue weighted by Gasteiger charge is 2.33. The molecule has 0 bridgehead atoms. The van der Waals surface area contributed by atoms with E-state index in [1.165, 1.54) is 19.3 Å². The molecule has 1 N–H and O–H groups in total. The van der Waals surface area contributed by atoms with Gasteiger partial charge in [-0.1, -0.05) is 48.2 Å². The molecule has 2 fully saturated rings. The van der Waals surface area contributed by atoms with Crippen LogP contribution in [0.3, 0.4) is 0 Å². The molecule has 1 atom stereocenters. The van der Waals surface area contributed by atoms with Crippen molar-refractivity contribution in [2.45, 2.75) is 70.4 Å². The Morgan fingerprint density at radius 2 is 1.96 bits per heavy atom. The van der Waals surface area contributed by atoms with Gasteiger partial charge in [0.2, 0.25) is 11.7 Å². The second kappa shape index (κ2) is 8.11. The monoisotopic (exact) mass is 368 g/mol. The Hall–Kier alpha value is -2.37. The van der Waals surface area contributed by atoms with Crippen LogP contribution in [0.25, 0.3) is 11.4 Å². The fraction of sp³-hybridized carbons (Fsp3) is 0.571. The minimum Gasteiger partial charge on any atom is -0.337 e. The number of rotatable bonds is 3. The van der Waals surface area contributed by atoms with Crippen LogP contribution in [0.5, 0.6) is 0 Å². The van der Waals surface area contributed by atoms with Crippen molar-refractivity contribution in [3.8, 4) is 11.4 Å². The standard InChI is InChI=1S/C21H28N4O2/c1-15-8-7-9-16(14-15)19-23-20(27-24-19)18-12-5-6-13-25(18)21(26)22-17-10-3-2-4-11-17/h7-9,14,17-18H,2-6,10-13H2,1H3,(H,22,26). The van der Waals surface area contributed by atoms with Crippen LogP contribution in [0.1, 0.15) is 68.9 Å². The number of aryl methyl sites for hydroxylation is 1. The van der Waals surface area contributed by atoms with E-state index in [-0.39, 0.29) is 12.1 Å². The van der Waals surface area contributed by atoms with Crippen LogP contribution in [0, 0.1) is 6.92 Å². The lowest BCUT2D eigenvalue weighted by Crippen LogP contribution is -2.48. The Bertz CT molecular complexity index is 782. The zero-order valence-corrected chi connectivity index (χ0v) is 16.0. The van der Waals surface area contributed by atoms with Crippen molar-refractivity contribution in [3.05, 3.63) is 35.7 Å². The van der Waals surface area contributed by atoms with Crippen molar-refractivity contribution in [1.82, 2.24) is 20.4 Å². The second-order valence-corrected chi connectivity index (χ2v) is 7.82. The number of carbonyl (C=O) groups excluding carboxylic acids is 1. The lowest BCUT2D eigenvalue weighted by molar-refractivity contribution is 0.127. The number of likely N-dealkylation sites (tertiary alicyclic amines) is 1. The van der Waals surface area contributed by atoms with Crippen LogP contribution in [-0.4, -0.2) is 33.7 Å². The lowest BCUT2D eigenvalue weighted by atomic mass is 9.95. The van der Waals surface area contributed by atoms with Crippen molar-refractivity contribution in [2.75, 3.05) is 6.54 Å². The van der Waals surface area contributed by atoms with Gasteiger partial charge in [0.05, 0.1) is 0 Å². The molecular formula is C21H28N4O2. The number of urea groups is 1. The minimum atomic E-state index is -0.131. The first kappa shape index (κ1) is 18.0. The first-order valence-electron chi connectivity index (χ1n) is 10.2. The largest absolute Gasteiger partial charge is 0.337 e. The highest BCUT2D eigenvalue weighted by atomic mass is 16.5. The third-order valence-corrected chi connectivity index (χ3v) is 5.70. The summed E-state index contributed by atoms with van der Waals surface area (Å²) in [6.45, 7) is 2.79. The molecule has 0 spiro atoms. The van der Waals surface area contributed by atoms with E-state index in [9.17, 15) is 4.79 Å². The van der Waals surface area contributed by atoms with Gasteiger partial charge in [-0.2, -0.15) is 4.98 Å². The van der Waals surface area contributed by atoms with Gasteiger partial charge in [-0.3, -0.25) is 0 Å². The molecule has 27 heavy (non-hydrogen) atoms. The van der Waals surface area contributed by atoms with E-state index in [1.54, 1.807) is 0 Å². The van der Waals surface area contributed by atoms with E-state index >= 15 is 0 Å². The predicted molar refractivity (Wildman–Crippen MR) is 103 cm³/mol. The summed E-state index contributed by atoms with van der Waals surface area (Å²) >= 11 is 0. The molecule has 1 aromatic heterocycles. The Balaban J connectivity index is 1.49. The van der Waals surface area contributed by atoms with Crippen molar-refractivity contribution in [1.29, 1.82) is 0 Å². The van der Waals surface area contributed by atoms with E-state index in [0.717, 1.165) is 49.8 Å². The molecule has 2 heterocycles. The molecule has 1 aliphatic heterocycles. The molecule has 4 rings (SSSR count). The smallest absolute Gasteiger partial charge is 0.318 e. The summed E-state index contributed by atoms with van der Waals surface area (Å²) < 4.78 is 5.59. The molecule has 2 aromatic rings. The molecule has 0 radical (unpaired) electrons. The Morgan fingerprint density at radius 1 is 1.15 bits per heavy atom. The number of nitrogens with one attached hydrogen (secondary N) is 1. The number of amides is 2. The maximum Gasteiger partial charge on any atom is 0.318 e. The summed E-state index contributed by atoms with van der Waals surface area (Å²) in [5.41, 5.74) is 2.10. The number of piperidine rings is 1. The Kier molecular flexibility index (Phi) is 5.41. The first-order valence-corrected chi connectivity index (χ1v) is 10.2. The quantitative estimate of drug-likeness (QED) is 0.858. The minimum absolute atomic E-state index is 0.0157. The van der Waals surface area contributed by atoms with Crippen molar-refractivity contribution < 1.29 is 9.32 Å². The summed E-state index contributed by atoms with van der Waals surface area (Å²) in [6.07, 6.45) is 8.82. The Morgan fingerprint density at radius 3 is 2.78 bits per heavy atom. The van der Waals surface area contributed by atoms with Gasteiger partial charge in [0.25, 0.3) is 0 Å². The third kappa shape index (κ3) is 4.15. The van der Waals surface area contributed by atoms with Gasteiger partial charge < -0.3 is 14.7 Å². The zero-order valence-electron chi connectivity index (χ0n) is 16.0. The average Bonchev–Trinajstić information content (AvgIpc) is 3.19. The van der Waals surface area contributed by atoms with Crippen molar-refractivity contribution in [2.24, 2.45) is 0 Å². The fourth-order valence-electron chi connectivity index (χ4n) is 4.21. The first-order chi connectivity index (χ1) is 13.2. The number of hydrogen-bond acceptors (Lipinski definition) is 4. The zero-order chi connectivity index (χ0) is 18.6. The summed E-state index contributed by atoms with van der Waals surface area (Å²) in [5.74, 6) is 1.14. The molecule has 2 amide bonds. The van der Waals surface area contributed by atoms with Crippen LogP contribution >= 0.6 is 0 Å². The third-order valence-electron chi connectivity index (χ3n) is 5.70. The summed E-state index contributed by atoms with van der Waals surface area (Å²) in [6, 6.07) is 8.25. The van der Waals surface area contributed by atoms with E-state index in [2.05, 4.69) is 15.5 Å². The maximum absolute atomic E-state index is 12.9. The van der Waals surface area contributed by atoms with Crippen LogP contribution in [0.15, 0.2) is 28.8 Å². The molecule has 2 aliphatic rings. The van der Waals surface area contributed by atoms with E-state index in [4.69, 9.17) is 4.52 Å². The average molecular weight is 368 g/mol. The van der Waals surface area contributed by atoms with Crippen molar-refractivity contribution >= 4 is 6.03 Å². The van der Waals surface area contributed by atoms with Gasteiger partial charge in [0, 0.05) is 18.2 Å². The molecule has 1 aliphatic carbocycles. The van der Waals surface area contributed by atoms with Gasteiger partial charge in [0.1, 0.15) is 6.04 Å². The molecule has 1 saturated heterocycles. The lowest BCUT2D eigenvalue weighted by Gasteiger charge is -2.35. The number of benzene rings is 1. The van der Waals surface area contributed by atoms with Gasteiger partial charge in [-0.15, -0.1) is 0 Å². The molecular weight excluding hydrogens is 340 g/mol.